The molecule has 0 atom stereocenters. The van der Waals surface area contributed by atoms with E-state index in [4.69, 9.17) is 0 Å². The number of rotatable bonds is 5. The van der Waals surface area contributed by atoms with E-state index in [2.05, 4.69) is 15.3 Å². The Morgan fingerprint density at radius 1 is 1.07 bits per heavy atom. The topological polar surface area (TPSA) is 70.5 Å². The molecule has 8 heteroatoms. The molecular weight excluding hydrogens is 373 g/mol. The Kier molecular flexibility index (Phi) is 5.89. The van der Waals surface area contributed by atoms with Crippen LogP contribution in [0.2, 0.25) is 0 Å². The summed E-state index contributed by atoms with van der Waals surface area (Å²) in [6.07, 6.45) is 8.36. The minimum atomic E-state index is -0.392. The fourth-order valence-corrected chi connectivity index (χ4v) is 4.16. The quantitative estimate of drug-likeness (QED) is 0.838. The molecule has 7 nitrogen and oxygen atoms in total. The Balaban J connectivity index is 1.27. The summed E-state index contributed by atoms with van der Waals surface area (Å²) in [7, 11) is 0. The van der Waals surface area contributed by atoms with E-state index in [1.807, 2.05) is 4.90 Å². The number of hydrogen-bond acceptors (Lipinski definition) is 4. The molecule has 1 aromatic heterocycles. The van der Waals surface area contributed by atoms with Gasteiger partial charge in [0.1, 0.15) is 12.4 Å². The number of piperazine rings is 1. The van der Waals surface area contributed by atoms with Crippen LogP contribution >= 0.6 is 0 Å². The van der Waals surface area contributed by atoms with Crippen molar-refractivity contribution in [1.82, 2.24) is 19.6 Å². The third-order valence-corrected chi connectivity index (χ3v) is 5.80. The van der Waals surface area contributed by atoms with Crippen LogP contribution in [0.4, 0.5) is 10.1 Å². The summed E-state index contributed by atoms with van der Waals surface area (Å²) in [6, 6.07) is 6.02. The van der Waals surface area contributed by atoms with Gasteiger partial charge in [-0.2, -0.15) is 5.10 Å². The Morgan fingerprint density at radius 2 is 1.76 bits per heavy atom. The summed E-state index contributed by atoms with van der Waals surface area (Å²) >= 11 is 0. The second-order valence-corrected chi connectivity index (χ2v) is 7.74. The second kappa shape index (κ2) is 8.73. The third-order valence-electron chi connectivity index (χ3n) is 5.80. The number of aromatic nitrogens is 2. The van der Waals surface area contributed by atoms with Crippen molar-refractivity contribution in [3.05, 3.63) is 48.0 Å². The van der Waals surface area contributed by atoms with Gasteiger partial charge in [-0.1, -0.05) is 12.8 Å². The minimum absolute atomic E-state index is 0.0376. The molecule has 2 heterocycles. The van der Waals surface area contributed by atoms with Gasteiger partial charge in [-0.3, -0.25) is 19.2 Å². The van der Waals surface area contributed by atoms with E-state index < -0.39 is 5.82 Å². The average Bonchev–Trinajstić information content (AvgIpc) is 3.41. The minimum Gasteiger partial charge on any atom is -0.339 e. The standard InChI is InChI=1S/C21H26FN5O2/c22-17-7-5-16(6-8-17)21(29)24-18-13-23-27(14-18)15-20(28)26-11-9-25(10-12-26)19-3-1-2-4-19/h5-8,13-14,19H,1-4,9-12,15H2,(H,24,29). The number of nitrogens with zero attached hydrogens (tertiary/aromatic N) is 4. The average molecular weight is 399 g/mol. The van der Waals surface area contributed by atoms with Crippen molar-refractivity contribution in [1.29, 1.82) is 0 Å². The molecule has 0 unspecified atom stereocenters. The number of carbonyl (C=O) groups excluding carboxylic acids is 2. The van der Waals surface area contributed by atoms with Crippen molar-refractivity contribution in [3.8, 4) is 0 Å². The van der Waals surface area contributed by atoms with Crippen LogP contribution in [0.5, 0.6) is 0 Å². The molecule has 0 bridgehead atoms. The lowest BCUT2D eigenvalue weighted by Gasteiger charge is -2.38. The van der Waals surface area contributed by atoms with Gasteiger partial charge < -0.3 is 10.2 Å². The van der Waals surface area contributed by atoms with Crippen LogP contribution in [-0.4, -0.2) is 63.6 Å². The van der Waals surface area contributed by atoms with Gasteiger partial charge in [-0.25, -0.2) is 4.39 Å². The molecule has 1 aliphatic carbocycles. The molecule has 2 aromatic rings. The molecule has 4 rings (SSSR count). The third kappa shape index (κ3) is 4.82. The highest BCUT2D eigenvalue weighted by Gasteiger charge is 2.27. The summed E-state index contributed by atoms with van der Waals surface area (Å²) in [5.74, 6) is -0.702. The first kappa shape index (κ1) is 19.6. The molecule has 1 saturated heterocycles. The first-order valence-electron chi connectivity index (χ1n) is 10.2. The van der Waals surface area contributed by atoms with Gasteiger partial charge in [-0.15, -0.1) is 0 Å². The van der Waals surface area contributed by atoms with Crippen molar-refractivity contribution < 1.29 is 14.0 Å². The Morgan fingerprint density at radius 3 is 2.45 bits per heavy atom. The summed E-state index contributed by atoms with van der Waals surface area (Å²) in [5.41, 5.74) is 0.855. The fraction of sp³-hybridized carbons (Fsp3) is 0.476. The van der Waals surface area contributed by atoms with Crippen molar-refractivity contribution in [2.75, 3.05) is 31.5 Å². The molecule has 2 aliphatic rings. The lowest BCUT2D eigenvalue weighted by atomic mass is 10.2. The van der Waals surface area contributed by atoms with Crippen molar-refractivity contribution >= 4 is 17.5 Å². The Bertz CT molecular complexity index is 852. The highest BCUT2D eigenvalue weighted by molar-refractivity contribution is 6.04. The molecule has 1 N–H and O–H groups in total. The van der Waals surface area contributed by atoms with Crippen molar-refractivity contribution in [3.63, 3.8) is 0 Å². The van der Waals surface area contributed by atoms with Crippen molar-refractivity contribution in [2.45, 2.75) is 38.3 Å². The lowest BCUT2D eigenvalue weighted by Crippen LogP contribution is -2.52. The smallest absolute Gasteiger partial charge is 0.255 e. The normalized spacial score (nSPS) is 18.2. The predicted octanol–water partition coefficient (Wildman–Crippen LogP) is 2.36. The molecular formula is C21H26FN5O2. The van der Waals surface area contributed by atoms with Gasteiger partial charge in [0.15, 0.2) is 0 Å². The molecule has 1 saturated carbocycles. The molecule has 0 spiro atoms. The number of carbonyl (C=O) groups is 2. The maximum atomic E-state index is 13.0. The van der Waals surface area contributed by atoms with Crippen LogP contribution in [-0.2, 0) is 11.3 Å². The van der Waals surface area contributed by atoms with E-state index >= 15 is 0 Å². The van der Waals surface area contributed by atoms with Crippen molar-refractivity contribution in [2.24, 2.45) is 0 Å². The zero-order chi connectivity index (χ0) is 20.2. The van der Waals surface area contributed by atoms with Gasteiger partial charge in [0.25, 0.3) is 5.91 Å². The number of anilines is 1. The Hall–Kier alpha value is -2.74. The highest BCUT2D eigenvalue weighted by Crippen LogP contribution is 2.24. The van der Waals surface area contributed by atoms with E-state index in [1.165, 1.54) is 60.8 Å². The molecule has 29 heavy (non-hydrogen) atoms. The van der Waals surface area contributed by atoms with Gasteiger partial charge in [0, 0.05) is 44.0 Å². The van der Waals surface area contributed by atoms with E-state index in [1.54, 1.807) is 6.20 Å². The number of benzene rings is 1. The zero-order valence-corrected chi connectivity index (χ0v) is 16.4. The molecule has 2 amide bonds. The van der Waals surface area contributed by atoms with E-state index in [0.29, 0.717) is 17.3 Å². The van der Waals surface area contributed by atoms with Crippen LogP contribution in [0, 0.1) is 5.82 Å². The number of nitrogens with one attached hydrogen (secondary N) is 1. The molecule has 1 aliphatic heterocycles. The maximum absolute atomic E-state index is 13.0. The molecule has 0 radical (unpaired) electrons. The SMILES string of the molecule is O=C(Nc1cnn(CC(=O)N2CCN(C3CCCC3)CC2)c1)c1ccc(F)cc1. The van der Waals surface area contributed by atoms with Gasteiger partial charge in [0.05, 0.1) is 11.9 Å². The predicted molar refractivity (Wildman–Crippen MR) is 107 cm³/mol. The van der Waals surface area contributed by atoms with Gasteiger partial charge >= 0.3 is 0 Å². The van der Waals surface area contributed by atoms with E-state index in [-0.39, 0.29) is 18.4 Å². The van der Waals surface area contributed by atoms with E-state index in [0.717, 1.165) is 26.2 Å². The summed E-state index contributed by atoms with van der Waals surface area (Å²) in [5, 5.41) is 6.89. The zero-order valence-electron chi connectivity index (χ0n) is 16.4. The van der Waals surface area contributed by atoms with Crippen LogP contribution in [0.15, 0.2) is 36.7 Å². The van der Waals surface area contributed by atoms with Crippen LogP contribution in [0.3, 0.4) is 0 Å². The summed E-state index contributed by atoms with van der Waals surface area (Å²) in [6.45, 7) is 3.54. The summed E-state index contributed by atoms with van der Waals surface area (Å²) in [4.78, 5) is 29.2. The largest absolute Gasteiger partial charge is 0.339 e. The lowest BCUT2D eigenvalue weighted by molar-refractivity contribution is -0.134. The molecule has 2 fully saturated rings. The fourth-order valence-electron chi connectivity index (χ4n) is 4.16. The van der Waals surface area contributed by atoms with Crippen LogP contribution in [0.1, 0.15) is 36.0 Å². The first-order chi connectivity index (χ1) is 14.1. The van der Waals surface area contributed by atoms with E-state index in [9.17, 15) is 14.0 Å². The highest BCUT2D eigenvalue weighted by atomic mass is 19.1. The van der Waals surface area contributed by atoms with Crippen LogP contribution < -0.4 is 5.32 Å². The van der Waals surface area contributed by atoms with Crippen LogP contribution in [0.25, 0.3) is 0 Å². The monoisotopic (exact) mass is 399 g/mol. The maximum Gasteiger partial charge on any atom is 0.255 e. The van der Waals surface area contributed by atoms with Gasteiger partial charge in [0.2, 0.25) is 5.91 Å². The second-order valence-electron chi connectivity index (χ2n) is 7.74. The first-order valence-corrected chi connectivity index (χ1v) is 10.2. The number of halogens is 1. The number of hydrogen-bond donors (Lipinski definition) is 1. The molecule has 154 valence electrons. The number of amides is 2. The Labute approximate surface area is 169 Å². The summed E-state index contributed by atoms with van der Waals surface area (Å²) < 4.78 is 14.5. The molecule has 1 aromatic carbocycles. The van der Waals surface area contributed by atoms with Gasteiger partial charge in [-0.05, 0) is 37.1 Å².